The van der Waals surface area contributed by atoms with Crippen LogP contribution in [0.2, 0.25) is 0 Å². The van der Waals surface area contributed by atoms with E-state index in [-0.39, 0.29) is 31.3 Å². The van der Waals surface area contributed by atoms with Crippen LogP contribution in [0.4, 0.5) is 11.6 Å². The van der Waals surface area contributed by atoms with Crippen molar-refractivity contribution in [3.05, 3.63) is 44.3 Å². The standard InChI is InChI=1S/C18H23N7O10.C4H10O3/c1-5-34-17(28)15(22-10(3)19-7-12(22)24(30)31)21(9-14(26)27)16(18(29)35-6-2)23-11(4)20-8-13(23)25(32)33;1-2-3-4(5,6)7/h7-8,15-16H,5-6,9H2,1-4H3,(H,26,27);5-7H,2-3H2,1H3. The second-order valence-corrected chi connectivity index (χ2v) is 8.42. The molecule has 234 valence electrons. The molecule has 2 unspecified atom stereocenters. The van der Waals surface area contributed by atoms with E-state index in [2.05, 4.69) is 9.97 Å². The molecular formula is C22H33N7O13. The minimum absolute atomic E-state index is 0.00694. The molecule has 0 aliphatic carbocycles. The Kier molecular flexibility index (Phi) is 13.1. The lowest BCUT2D eigenvalue weighted by Crippen LogP contribution is -2.49. The maximum absolute atomic E-state index is 13.1. The summed E-state index contributed by atoms with van der Waals surface area (Å²) in [4.78, 5) is 68.0. The van der Waals surface area contributed by atoms with Crippen LogP contribution in [0, 0.1) is 34.1 Å². The van der Waals surface area contributed by atoms with Gasteiger partial charge in [-0.2, -0.15) is 14.0 Å². The average Bonchev–Trinajstić information content (AvgIpc) is 3.42. The number of hydrogen-bond acceptors (Lipinski definition) is 15. The molecule has 2 aromatic heterocycles. The molecule has 0 bridgehead atoms. The number of esters is 2. The molecule has 0 fully saturated rings. The van der Waals surface area contributed by atoms with Gasteiger partial charge in [-0.05, 0) is 30.1 Å². The van der Waals surface area contributed by atoms with Gasteiger partial charge in [0.1, 0.15) is 18.9 Å². The molecular weight excluding hydrogens is 570 g/mol. The largest absolute Gasteiger partial charge is 0.480 e. The van der Waals surface area contributed by atoms with Crippen LogP contribution in [0.5, 0.6) is 0 Å². The third kappa shape index (κ3) is 9.26. The summed E-state index contributed by atoms with van der Waals surface area (Å²) in [6.07, 6.45) is -1.67. The zero-order valence-electron chi connectivity index (χ0n) is 23.4. The zero-order chi connectivity index (χ0) is 32.4. The first-order valence-corrected chi connectivity index (χ1v) is 12.4. The number of carbonyl (C=O) groups excluding carboxylic acids is 2. The molecule has 0 aliphatic heterocycles. The van der Waals surface area contributed by atoms with E-state index >= 15 is 0 Å². The summed E-state index contributed by atoms with van der Waals surface area (Å²) in [5, 5.41) is 57.3. The summed E-state index contributed by atoms with van der Waals surface area (Å²) in [6, 6.07) is 0. The Morgan fingerprint density at radius 3 is 1.52 bits per heavy atom. The molecule has 0 aromatic carbocycles. The van der Waals surface area contributed by atoms with E-state index in [4.69, 9.17) is 24.8 Å². The van der Waals surface area contributed by atoms with Gasteiger partial charge in [-0.3, -0.25) is 4.79 Å². The summed E-state index contributed by atoms with van der Waals surface area (Å²) in [5.74, 6) is -7.97. The van der Waals surface area contributed by atoms with Gasteiger partial charge in [-0.15, -0.1) is 0 Å². The van der Waals surface area contributed by atoms with Crippen LogP contribution < -0.4 is 0 Å². The van der Waals surface area contributed by atoms with Gasteiger partial charge in [0.15, 0.2) is 11.6 Å². The van der Waals surface area contributed by atoms with Crippen molar-refractivity contribution < 1.29 is 54.1 Å². The third-order valence-corrected chi connectivity index (χ3v) is 5.31. The fraction of sp³-hybridized carbons (Fsp3) is 0.591. The zero-order valence-corrected chi connectivity index (χ0v) is 23.4. The molecule has 20 nitrogen and oxygen atoms in total. The number of aliphatic hydroxyl groups is 3. The summed E-state index contributed by atoms with van der Waals surface area (Å²) in [5.41, 5.74) is 0. The highest BCUT2D eigenvalue weighted by Gasteiger charge is 2.49. The molecule has 0 aliphatic rings. The van der Waals surface area contributed by atoms with Crippen LogP contribution in [-0.2, 0) is 23.9 Å². The maximum Gasteiger partial charge on any atom is 0.368 e. The van der Waals surface area contributed by atoms with Crippen LogP contribution >= 0.6 is 0 Å². The van der Waals surface area contributed by atoms with Crippen molar-refractivity contribution in [1.29, 1.82) is 0 Å². The summed E-state index contributed by atoms with van der Waals surface area (Å²) < 4.78 is 11.6. The van der Waals surface area contributed by atoms with Crippen LogP contribution in [0.25, 0.3) is 0 Å². The number of aryl methyl sites for hydroxylation is 2. The molecule has 2 aromatic rings. The third-order valence-electron chi connectivity index (χ3n) is 5.31. The fourth-order valence-electron chi connectivity index (χ4n) is 3.77. The Hall–Kier alpha value is -4.53. The van der Waals surface area contributed by atoms with Gasteiger partial charge in [0.25, 0.3) is 18.3 Å². The lowest BCUT2D eigenvalue weighted by atomic mass is 10.2. The van der Waals surface area contributed by atoms with Crippen LogP contribution in [0.15, 0.2) is 12.4 Å². The number of nitrogens with zero attached hydrogens (tertiary/aromatic N) is 7. The van der Waals surface area contributed by atoms with Crippen molar-refractivity contribution in [2.75, 3.05) is 19.8 Å². The van der Waals surface area contributed by atoms with E-state index in [1.807, 2.05) is 0 Å². The van der Waals surface area contributed by atoms with Crippen LogP contribution in [0.3, 0.4) is 0 Å². The smallest absolute Gasteiger partial charge is 0.368 e. The molecule has 0 amide bonds. The summed E-state index contributed by atoms with van der Waals surface area (Å²) >= 11 is 0. The van der Waals surface area contributed by atoms with Crippen molar-refractivity contribution in [3.63, 3.8) is 0 Å². The maximum atomic E-state index is 13.1. The number of hydrogen-bond donors (Lipinski definition) is 4. The number of nitro groups is 2. The van der Waals surface area contributed by atoms with Crippen LogP contribution in [0.1, 0.15) is 57.6 Å². The number of carboxylic acid groups (broad SMARTS) is 1. The minimum atomic E-state index is -2.45. The number of rotatable bonds is 14. The van der Waals surface area contributed by atoms with Crippen molar-refractivity contribution in [3.8, 4) is 0 Å². The number of carboxylic acids is 1. The predicted molar refractivity (Wildman–Crippen MR) is 137 cm³/mol. The molecule has 4 N–H and O–H groups in total. The van der Waals surface area contributed by atoms with Crippen molar-refractivity contribution in [2.24, 2.45) is 0 Å². The molecule has 2 heterocycles. The Labute approximate surface area is 238 Å². The normalized spacial score (nSPS) is 12.6. The Balaban J connectivity index is 0.00000112. The first-order valence-electron chi connectivity index (χ1n) is 12.4. The second kappa shape index (κ2) is 15.5. The highest BCUT2D eigenvalue weighted by atomic mass is 16.7. The topological polar surface area (TPSA) is 276 Å². The highest BCUT2D eigenvalue weighted by molar-refractivity contribution is 5.80. The van der Waals surface area contributed by atoms with E-state index in [9.17, 15) is 39.7 Å². The van der Waals surface area contributed by atoms with Crippen LogP contribution in [-0.4, -0.2) is 97.9 Å². The molecule has 2 rings (SSSR count). The lowest BCUT2D eigenvalue weighted by Gasteiger charge is -2.31. The number of ether oxygens (including phenoxy) is 2. The Bertz CT molecular complexity index is 1190. The molecule has 42 heavy (non-hydrogen) atoms. The fourth-order valence-corrected chi connectivity index (χ4v) is 3.77. The van der Waals surface area contributed by atoms with E-state index in [0.717, 1.165) is 21.5 Å². The van der Waals surface area contributed by atoms with Gasteiger partial charge in [0, 0.05) is 20.3 Å². The van der Waals surface area contributed by atoms with Gasteiger partial charge in [0.05, 0.1) is 13.2 Å². The van der Waals surface area contributed by atoms with Gasteiger partial charge in [-0.25, -0.2) is 19.6 Å². The minimum Gasteiger partial charge on any atom is -0.480 e. The number of imidazole rings is 2. The summed E-state index contributed by atoms with van der Waals surface area (Å²) in [7, 11) is 0. The van der Waals surface area contributed by atoms with Gasteiger partial charge < -0.3 is 50.1 Å². The molecule has 0 saturated heterocycles. The first kappa shape index (κ1) is 35.5. The molecule has 20 heteroatoms. The number of aliphatic carboxylic acids is 1. The Morgan fingerprint density at radius 1 is 0.905 bits per heavy atom. The second-order valence-electron chi connectivity index (χ2n) is 8.42. The van der Waals surface area contributed by atoms with E-state index in [1.54, 1.807) is 6.92 Å². The molecule has 2 atom stereocenters. The quantitative estimate of drug-likeness (QED) is 0.0966. The lowest BCUT2D eigenvalue weighted by molar-refractivity contribution is -0.394. The van der Waals surface area contributed by atoms with Gasteiger partial charge in [0.2, 0.25) is 0 Å². The first-order chi connectivity index (χ1) is 19.5. The molecule has 0 radical (unpaired) electrons. The number of carbonyl (C=O) groups is 3. The predicted octanol–water partition coefficient (Wildman–Crippen LogP) is 0.140. The summed E-state index contributed by atoms with van der Waals surface area (Å²) in [6.45, 7) is 5.76. The van der Waals surface area contributed by atoms with Crippen molar-refractivity contribution in [1.82, 2.24) is 24.0 Å². The molecule has 0 saturated carbocycles. The van der Waals surface area contributed by atoms with Crippen molar-refractivity contribution >= 4 is 29.5 Å². The van der Waals surface area contributed by atoms with E-state index in [0.29, 0.717) is 11.3 Å². The SMILES string of the molecule is CCCC(O)(O)O.CCOC(=O)C(N(CC(=O)O)C(C(=O)OCC)n1c([N+](=O)[O-])cnc1C)n1c([N+](=O)[O-])cnc1C. The van der Waals surface area contributed by atoms with E-state index < -0.39 is 64.2 Å². The van der Waals surface area contributed by atoms with Gasteiger partial charge >= 0.3 is 29.5 Å². The molecule has 0 spiro atoms. The monoisotopic (exact) mass is 603 g/mol. The van der Waals surface area contributed by atoms with Gasteiger partial charge in [-0.1, -0.05) is 6.92 Å². The number of aromatic nitrogens is 4. The average molecular weight is 604 g/mol. The highest BCUT2D eigenvalue weighted by Crippen LogP contribution is 2.33. The van der Waals surface area contributed by atoms with Crippen molar-refractivity contribution in [2.45, 2.75) is 65.8 Å². The Morgan fingerprint density at radius 2 is 1.29 bits per heavy atom. The van der Waals surface area contributed by atoms with E-state index in [1.165, 1.54) is 27.7 Å².